The number of pyridine rings is 1. The predicted molar refractivity (Wildman–Crippen MR) is 59.8 cm³/mol. The van der Waals surface area contributed by atoms with Gasteiger partial charge < -0.3 is 0 Å². The van der Waals surface area contributed by atoms with Crippen molar-refractivity contribution in [3.63, 3.8) is 0 Å². The Labute approximate surface area is 90.8 Å². The summed E-state index contributed by atoms with van der Waals surface area (Å²) in [5, 5.41) is 2.35. The largest absolute Gasteiger partial charge is 0.252 e. The predicted octanol–water partition coefficient (Wildman–Crippen LogP) is 2.83. The Morgan fingerprint density at radius 1 is 1.00 bits per heavy atom. The Morgan fingerprint density at radius 2 is 1.87 bits per heavy atom. The molecule has 0 atom stereocenters. The van der Waals surface area contributed by atoms with E-state index in [-0.39, 0.29) is 5.28 Å². The van der Waals surface area contributed by atoms with Crippen molar-refractivity contribution in [1.82, 2.24) is 15.0 Å². The van der Waals surface area contributed by atoms with Crippen molar-refractivity contribution in [3.05, 3.63) is 41.9 Å². The second kappa shape index (κ2) is 3.14. The van der Waals surface area contributed by atoms with Gasteiger partial charge in [0.1, 0.15) is 11.0 Å². The van der Waals surface area contributed by atoms with Gasteiger partial charge in [0, 0.05) is 17.0 Å². The standard InChI is InChI=1S/C11H6ClN3/c12-11-14-6-9-10(15-11)8-4-2-1-3-7(8)5-13-9/h1-6H. The molecule has 3 nitrogen and oxygen atoms in total. The second-order valence-corrected chi connectivity index (χ2v) is 3.56. The molecule has 15 heavy (non-hydrogen) atoms. The van der Waals surface area contributed by atoms with E-state index in [0.29, 0.717) is 0 Å². The Morgan fingerprint density at radius 3 is 2.80 bits per heavy atom. The lowest BCUT2D eigenvalue weighted by Gasteiger charge is -2.01. The molecule has 3 aromatic rings. The molecule has 72 valence electrons. The smallest absolute Gasteiger partial charge is 0.223 e. The van der Waals surface area contributed by atoms with Gasteiger partial charge in [0.15, 0.2) is 0 Å². The van der Waals surface area contributed by atoms with Gasteiger partial charge in [-0.2, -0.15) is 0 Å². The minimum atomic E-state index is 0.251. The highest BCUT2D eigenvalue weighted by Crippen LogP contribution is 2.21. The lowest BCUT2D eigenvalue weighted by molar-refractivity contribution is 1.21. The Bertz CT molecular complexity index is 651. The molecule has 0 amide bonds. The monoisotopic (exact) mass is 215 g/mol. The normalized spacial score (nSPS) is 11.0. The third-order valence-electron chi connectivity index (χ3n) is 2.30. The third kappa shape index (κ3) is 1.32. The van der Waals surface area contributed by atoms with E-state index in [1.807, 2.05) is 30.5 Å². The highest BCUT2D eigenvalue weighted by molar-refractivity contribution is 6.28. The molecule has 0 saturated heterocycles. The molecule has 0 spiro atoms. The number of nitrogens with zero attached hydrogens (tertiary/aromatic N) is 3. The minimum Gasteiger partial charge on any atom is -0.252 e. The fourth-order valence-electron chi connectivity index (χ4n) is 1.61. The summed E-state index contributed by atoms with van der Waals surface area (Å²) in [6.45, 7) is 0. The van der Waals surface area contributed by atoms with Crippen LogP contribution in [0.15, 0.2) is 36.7 Å². The van der Waals surface area contributed by atoms with Crippen LogP contribution in [0.25, 0.3) is 21.8 Å². The maximum Gasteiger partial charge on any atom is 0.223 e. The zero-order valence-corrected chi connectivity index (χ0v) is 8.44. The van der Waals surface area contributed by atoms with Crippen LogP contribution in [-0.4, -0.2) is 15.0 Å². The average Bonchev–Trinajstić information content (AvgIpc) is 2.29. The van der Waals surface area contributed by atoms with Gasteiger partial charge in [-0.3, -0.25) is 4.98 Å². The van der Waals surface area contributed by atoms with Crippen LogP contribution in [0.4, 0.5) is 0 Å². The second-order valence-electron chi connectivity index (χ2n) is 3.22. The highest BCUT2D eigenvalue weighted by atomic mass is 35.5. The van der Waals surface area contributed by atoms with Crippen LogP contribution in [0.2, 0.25) is 5.28 Å². The number of rotatable bonds is 0. The van der Waals surface area contributed by atoms with Gasteiger partial charge in [-0.1, -0.05) is 24.3 Å². The van der Waals surface area contributed by atoms with Crippen molar-refractivity contribution in [3.8, 4) is 0 Å². The van der Waals surface area contributed by atoms with Gasteiger partial charge in [0.2, 0.25) is 5.28 Å². The maximum absolute atomic E-state index is 5.77. The summed E-state index contributed by atoms with van der Waals surface area (Å²) >= 11 is 5.77. The molecule has 1 aromatic carbocycles. The molecule has 0 aliphatic heterocycles. The van der Waals surface area contributed by atoms with Gasteiger partial charge in [0.05, 0.1) is 6.20 Å². The van der Waals surface area contributed by atoms with Crippen LogP contribution in [-0.2, 0) is 0 Å². The van der Waals surface area contributed by atoms with Crippen molar-refractivity contribution in [2.45, 2.75) is 0 Å². The van der Waals surface area contributed by atoms with Crippen LogP contribution < -0.4 is 0 Å². The van der Waals surface area contributed by atoms with Gasteiger partial charge >= 0.3 is 0 Å². The lowest BCUT2D eigenvalue weighted by Crippen LogP contribution is -1.88. The molecule has 2 heterocycles. The average molecular weight is 216 g/mol. The van der Waals surface area contributed by atoms with E-state index in [0.717, 1.165) is 21.8 Å². The molecule has 0 N–H and O–H groups in total. The van der Waals surface area contributed by atoms with Crippen molar-refractivity contribution in [1.29, 1.82) is 0 Å². The summed E-state index contributed by atoms with van der Waals surface area (Å²) < 4.78 is 0. The molecule has 0 aliphatic rings. The van der Waals surface area contributed by atoms with Gasteiger partial charge in [0.25, 0.3) is 0 Å². The molecule has 0 radical (unpaired) electrons. The highest BCUT2D eigenvalue weighted by Gasteiger charge is 2.03. The van der Waals surface area contributed by atoms with Crippen molar-refractivity contribution < 1.29 is 0 Å². The van der Waals surface area contributed by atoms with E-state index in [4.69, 9.17) is 11.6 Å². The summed E-state index contributed by atoms with van der Waals surface area (Å²) in [5.41, 5.74) is 1.56. The van der Waals surface area contributed by atoms with Crippen LogP contribution in [0.5, 0.6) is 0 Å². The van der Waals surface area contributed by atoms with E-state index in [2.05, 4.69) is 15.0 Å². The SMILES string of the molecule is Clc1ncc2ncc3ccccc3c2n1. The van der Waals surface area contributed by atoms with E-state index in [1.54, 1.807) is 6.20 Å². The Kier molecular flexibility index (Phi) is 1.79. The van der Waals surface area contributed by atoms with Crippen LogP contribution in [0.1, 0.15) is 0 Å². The molecule has 3 rings (SSSR count). The lowest BCUT2D eigenvalue weighted by atomic mass is 10.1. The maximum atomic E-state index is 5.77. The van der Waals surface area contributed by atoms with Crippen molar-refractivity contribution >= 4 is 33.4 Å². The molecule has 0 aliphatic carbocycles. The summed E-state index contributed by atoms with van der Waals surface area (Å²) in [4.78, 5) is 12.4. The zero-order chi connectivity index (χ0) is 10.3. The molecule has 4 heteroatoms. The van der Waals surface area contributed by atoms with Crippen molar-refractivity contribution in [2.24, 2.45) is 0 Å². The summed E-state index contributed by atoms with van der Waals surface area (Å²) in [5.74, 6) is 0. The number of hydrogen-bond acceptors (Lipinski definition) is 3. The van der Waals surface area contributed by atoms with E-state index < -0.39 is 0 Å². The first kappa shape index (κ1) is 8.56. The number of halogens is 1. The van der Waals surface area contributed by atoms with Crippen molar-refractivity contribution in [2.75, 3.05) is 0 Å². The number of fused-ring (bicyclic) bond motifs is 3. The molecule has 0 fully saturated rings. The molecule has 2 aromatic heterocycles. The molecular weight excluding hydrogens is 210 g/mol. The van der Waals surface area contributed by atoms with Crippen LogP contribution >= 0.6 is 11.6 Å². The quantitative estimate of drug-likeness (QED) is 0.428. The van der Waals surface area contributed by atoms with Gasteiger partial charge in [-0.25, -0.2) is 9.97 Å². The fourth-order valence-corrected chi connectivity index (χ4v) is 1.74. The third-order valence-corrected chi connectivity index (χ3v) is 2.48. The number of aromatic nitrogens is 3. The summed E-state index contributed by atoms with van der Waals surface area (Å²) in [6, 6.07) is 7.94. The van der Waals surface area contributed by atoms with E-state index >= 15 is 0 Å². The topological polar surface area (TPSA) is 38.7 Å². The fraction of sp³-hybridized carbons (Fsp3) is 0. The molecule has 0 bridgehead atoms. The van der Waals surface area contributed by atoms with E-state index in [9.17, 15) is 0 Å². The van der Waals surface area contributed by atoms with Crippen LogP contribution in [0.3, 0.4) is 0 Å². The number of hydrogen-bond donors (Lipinski definition) is 0. The molecular formula is C11H6ClN3. The molecule has 0 saturated carbocycles. The number of benzene rings is 1. The molecule has 0 unspecified atom stereocenters. The van der Waals surface area contributed by atoms with Crippen LogP contribution in [0, 0.1) is 0 Å². The zero-order valence-electron chi connectivity index (χ0n) is 7.68. The van der Waals surface area contributed by atoms with Gasteiger partial charge in [-0.15, -0.1) is 0 Å². The first-order chi connectivity index (χ1) is 7.34. The van der Waals surface area contributed by atoms with Gasteiger partial charge in [-0.05, 0) is 11.6 Å². The first-order valence-corrected chi connectivity index (χ1v) is 4.88. The Balaban J connectivity index is 2.57. The van der Waals surface area contributed by atoms with E-state index in [1.165, 1.54) is 0 Å². The summed E-state index contributed by atoms with van der Waals surface area (Å²) in [6.07, 6.45) is 3.45. The summed E-state index contributed by atoms with van der Waals surface area (Å²) in [7, 11) is 0. The first-order valence-electron chi connectivity index (χ1n) is 4.50. The minimum absolute atomic E-state index is 0.251. The Hall–Kier alpha value is -1.74.